The number of anilines is 1. The predicted octanol–water partition coefficient (Wildman–Crippen LogP) is 2.31. The summed E-state index contributed by atoms with van der Waals surface area (Å²) in [4.78, 5) is 10.1. The van der Waals surface area contributed by atoms with Gasteiger partial charge in [-0.2, -0.15) is 0 Å². The van der Waals surface area contributed by atoms with Crippen LogP contribution < -0.4 is 10.2 Å². The Bertz CT molecular complexity index is 554. The third-order valence-electron chi connectivity index (χ3n) is 4.02. The largest absolute Gasteiger partial charge is 0.374 e. The number of aromatic amines is 1. The lowest BCUT2D eigenvalue weighted by Crippen LogP contribution is -2.34. The van der Waals surface area contributed by atoms with Gasteiger partial charge in [0.15, 0.2) is 0 Å². The van der Waals surface area contributed by atoms with E-state index in [1.54, 1.807) is 0 Å². The van der Waals surface area contributed by atoms with Gasteiger partial charge >= 0.3 is 0 Å². The third-order valence-corrected chi connectivity index (χ3v) is 4.02. The van der Waals surface area contributed by atoms with Crippen molar-refractivity contribution in [2.45, 2.75) is 19.8 Å². The molecule has 0 atom stereocenters. The summed E-state index contributed by atoms with van der Waals surface area (Å²) < 4.78 is 0. The van der Waals surface area contributed by atoms with Gasteiger partial charge in [-0.1, -0.05) is 0 Å². The quantitative estimate of drug-likeness (QED) is 0.888. The fraction of sp³-hybridized carbons (Fsp3) is 0.533. The van der Waals surface area contributed by atoms with Crippen molar-refractivity contribution in [2.75, 3.05) is 31.6 Å². The maximum absolute atomic E-state index is 4.45. The Labute approximate surface area is 114 Å². The first-order chi connectivity index (χ1) is 9.22. The molecule has 3 rings (SSSR count). The standard InChI is InChI=1S/C15H22N4/c1-11-17-14-4-3-13(9-15(14)18-11)19(2)10-12-5-7-16-8-6-12/h3-4,9,12,16H,5-8,10H2,1-2H3,(H,17,18). The first-order valence-electron chi connectivity index (χ1n) is 7.10. The average Bonchev–Trinajstić information content (AvgIpc) is 2.78. The Morgan fingerprint density at radius 3 is 2.89 bits per heavy atom. The molecule has 4 nitrogen and oxygen atoms in total. The summed E-state index contributed by atoms with van der Waals surface area (Å²) in [6, 6.07) is 6.48. The number of rotatable bonds is 3. The second-order valence-corrected chi connectivity index (χ2v) is 5.60. The van der Waals surface area contributed by atoms with Crippen molar-refractivity contribution in [1.29, 1.82) is 0 Å². The Morgan fingerprint density at radius 1 is 1.32 bits per heavy atom. The van der Waals surface area contributed by atoms with E-state index in [9.17, 15) is 0 Å². The highest BCUT2D eigenvalue weighted by Gasteiger charge is 2.15. The molecular formula is C15H22N4. The van der Waals surface area contributed by atoms with Crippen LogP contribution in [0.3, 0.4) is 0 Å². The molecule has 0 spiro atoms. The Morgan fingerprint density at radius 2 is 2.11 bits per heavy atom. The second kappa shape index (κ2) is 5.21. The predicted molar refractivity (Wildman–Crippen MR) is 79.7 cm³/mol. The molecule has 1 aliphatic heterocycles. The Kier molecular flexibility index (Phi) is 3.42. The lowest BCUT2D eigenvalue weighted by molar-refractivity contribution is 0.378. The van der Waals surface area contributed by atoms with Gasteiger partial charge in [-0.3, -0.25) is 0 Å². The number of nitrogens with zero attached hydrogens (tertiary/aromatic N) is 2. The first kappa shape index (κ1) is 12.5. The van der Waals surface area contributed by atoms with Gasteiger partial charge in [-0.15, -0.1) is 0 Å². The van der Waals surface area contributed by atoms with E-state index in [1.807, 2.05) is 6.92 Å². The van der Waals surface area contributed by atoms with Crippen molar-refractivity contribution >= 4 is 16.7 Å². The zero-order valence-corrected chi connectivity index (χ0v) is 11.7. The Balaban J connectivity index is 1.74. The van der Waals surface area contributed by atoms with Crippen molar-refractivity contribution in [1.82, 2.24) is 15.3 Å². The van der Waals surface area contributed by atoms with E-state index in [0.717, 1.165) is 42.4 Å². The van der Waals surface area contributed by atoms with E-state index in [0.29, 0.717) is 0 Å². The summed E-state index contributed by atoms with van der Waals surface area (Å²) in [7, 11) is 2.19. The summed E-state index contributed by atoms with van der Waals surface area (Å²) in [6.07, 6.45) is 2.57. The van der Waals surface area contributed by atoms with Crippen LogP contribution in [0.4, 0.5) is 5.69 Å². The van der Waals surface area contributed by atoms with Crippen LogP contribution in [0.2, 0.25) is 0 Å². The smallest absolute Gasteiger partial charge is 0.104 e. The van der Waals surface area contributed by atoms with Crippen LogP contribution in [0.5, 0.6) is 0 Å². The number of aryl methyl sites for hydroxylation is 1. The number of hydrogen-bond donors (Lipinski definition) is 2. The molecule has 1 saturated heterocycles. The van der Waals surface area contributed by atoms with Crippen LogP contribution in [-0.2, 0) is 0 Å². The summed E-state index contributed by atoms with van der Waals surface area (Å²) in [5.74, 6) is 1.79. The molecule has 102 valence electrons. The molecule has 4 heteroatoms. The molecule has 2 N–H and O–H groups in total. The van der Waals surface area contributed by atoms with E-state index in [-0.39, 0.29) is 0 Å². The molecule has 0 aliphatic carbocycles. The zero-order valence-electron chi connectivity index (χ0n) is 11.7. The Hall–Kier alpha value is -1.55. The van der Waals surface area contributed by atoms with Crippen molar-refractivity contribution in [3.63, 3.8) is 0 Å². The van der Waals surface area contributed by atoms with Gasteiger partial charge in [0.25, 0.3) is 0 Å². The number of imidazole rings is 1. The van der Waals surface area contributed by atoms with Crippen LogP contribution >= 0.6 is 0 Å². The van der Waals surface area contributed by atoms with Crippen LogP contribution in [0.25, 0.3) is 11.0 Å². The minimum Gasteiger partial charge on any atom is -0.374 e. The van der Waals surface area contributed by atoms with Gasteiger partial charge < -0.3 is 15.2 Å². The number of benzene rings is 1. The molecule has 0 saturated carbocycles. The molecule has 1 aromatic carbocycles. The van der Waals surface area contributed by atoms with Gasteiger partial charge in [-0.25, -0.2) is 4.98 Å². The normalized spacial score (nSPS) is 16.9. The molecule has 2 heterocycles. The summed E-state index contributed by atoms with van der Waals surface area (Å²) >= 11 is 0. The van der Waals surface area contributed by atoms with E-state index >= 15 is 0 Å². The molecule has 0 radical (unpaired) electrons. The van der Waals surface area contributed by atoms with Crippen LogP contribution in [-0.4, -0.2) is 36.6 Å². The fourth-order valence-electron chi connectivity index (χ4n) is 2.92. The van der Waals surface area contributed by atoms with Gasteiger partial charge in [0.2, 0.25) is 0 Å². The number of fused-ring (bicyclic) bond motifs is 1. The lowest BCUT2D eigenvalue weighted by Gasteiger charge is -2.28. The molecule has 0 bridgehead atoms. The molecular weight excluding hydrogens is 236 g/mol. The summed E-state index contributed by atoms with van der Waals surface area (Å²) in [5, 5.41) is 3.42. The number of nitrogens with one attached hydrogen (secondary N) is 2. The lowest BCUT2D eigenvalue weighted by atomic mass is 9.97. The third kappa shape index (κ3) is 2.73. The van der Waals surface area contributed by atoms with E-state index in [1.165, 1.54) is 18.5 Å². The maximum Gasteiger partial charge on any atom is 0.104 e. The minimum atomic E-state index is 0.811. The van der Waals surface area contributed by atoms with Crippen LogP contribution in [0.1, 0.15) is 18.7 Å². The van der Waals surface area contributed by atoms with Crippen molar-refractivity contribution < 1.29 is 0 Å². The first-order valence-corrected chi connectivity index (χ1v) is 7.10. The molecule has 0 unspecified atom stereocenters. The SMILES string of the molecule is Cc1nc2ccc(N(C)CC3CCNCC3)cc2[nH]1. The highest BCUT2D eigenvalue weighted by Crippen LogP contribution is 2.22. The molecule has 2 aromatic rings. The fourth-order valence-corrected chi connectivity index (χ4v) is 2.92. The van der Waals surface area contributed by atoms with E-state index in [2.05, 4.69) is 45.4 Å². The molecule has 1 aromatic heterocycles. The number of hydrogen-bond acceptors (Lipinski definition) is 3. The summed E-state index contributed by atoms with van der Waals surface area (Å²) in [5.41, 5.74) is 3.46. The van der Waals surface area contributed by atoms with Crippen molar-refractivity contribution in [3.8, 4) is 0 Å². The topological polar surface area (TPSA) is 44.0 Å². The number of aromatic nitrogens is 2. The van der Waals surface area contributed by atoms with Gasteiger partial charge in [-0.05, 0) is 57.0 Å². The van der Waals surface area contributed by atoms with E-state index < -0.39 is 0 Å². The highest BCUT2D eigenvalue weighted by atomic mass is 15.1. The summed E-state index contributed by atoms with van der Waals surface area (Å²) in [6.45, 7) is 5.47. The second-order valence-electron chi connectivity index (χ2n) is 5.60. The molecule has 0 amide bonds. The average molecular weight is 258 g/mol. The molecule has 1 fully saturated rings. The molecule has 19 heavy (non-hydrogen) atoms. The monoisotopic (exact) mass is 258 g/mol. The van der Waals surface area contributed by atoms with Gasteiger partial charge in [0, 0.05) is 19.3 Å². The minimum absolute atomic E-state index is 0.811. The molecule has 1 aliphatic rings. The van der Waals surface area contributed by atoms with Crippen molar-refractivity contribution in [2.24, 2.45) is 5.92 Å². The van der Waals surface area contributed by atoms with Crippen molar-refractivity contribution in [3.05, 3.63) is 24.0 Å². The number of H-pyrrole nitrogens is 1. The number of piperidine rings is 1. The van der Waals surface area contributed by atoms with Gasteiger partial charge in [0.1, 0.15) is 5.82 Å². The van der Waals surface area contributed by atoms with Crippen LogP contribution in [0.15, 0.2) is 18.2 Å². The van der Waals surface area contributed by atoms with Gasteiger partial charge in [0.05, 0.1) is 11.0 Å². The highest BCUT2D eigenvalue weighted by molar-refractivity contribution is 5.79. The van der Waals surface area contributed by atoms with Crippen LogP contribution in [0, 0.1) is 12.8 Å². The maximum atomic E-state index is 4.45. The van der Waals surface area contributed by atoms with E-state index in [4.69, 9.17) is 0 Å². The zero-order chi connectivity index (χ0) is 13.2.